The zero-order chi connectivity index (χ0) is 16.7. The zero-order valence-corrected chi connectivity index (χ0v) is 13.9. The Bertz CT molecular complexity index is 582. The van der Waals surface area contributed by atoms with Crippen molar-refractivity contribution in [3.05, 3.63) is 35.9 Å². The molecule has 0 bridgehead atoms. The van der Waals surface area contributed by atoms with E-state index in [9.17, 15) is 4.79 Å². The third-order valence-corrected chi connectivity index (χ3v) is 4.64. The highest BCUT2D eigenvalue weighted by atomic mass is 16.5. The van der Waals surface area contributed by atoms with Crippen molar-refractivity contribution >= 4 is 12.3 Å². The molecule has 2 aliphatic rings. The predicted molar refractivity (Wildman–Crippen MR) is 92.2 cm³/mol. The van der Waals surface area contributed by atoms with Crippen molar-refractivity contribution in [1.82, 2.24) is 5.32 Å². The number of nitrogens with zero attached hydrogens (tertiary/aromatic N) is 3. The molecule has 6 heteroatoms. The number of amides is 1. The Morgan fingerprint density at radius 1 is 1.21 bits per heavy atom. The maximum Gasteiger partial charge on any atom is 0.407 e. The molecule has 1 fully saturated rings. The van der Waals surface area contributed by atoms with Gasteiger partial charge in [-0.1, -0.05) is 49.6 Å². The molecule has 1 aromatic carbocycles. The van der Waals surface area contributed by atoms with E-state index in [1.807, 2.05) is 18.2 Å². The molecule has 1 aliphatic carbocycles. The summed E-state index contributed by atoms with van der Waals surface area (Å²) in [6.07, 6.45) is 8.43. The van der Waals surface area contributed by atoms with Crippen LogP contribution in [0.25, 0.3) is 0 Å². The molecule has 6 nitrogen and oxygen atoms in total. The van der Waals surface area contributed by atoms with Gasteiger partial charge in [0.15, 0.2) is 0 Å². The van der Waals surface area contributed by atoms with Crippen LogP contribution < -0.4 is 5.32 Å². The van der Waals surface area contributed by atoms with E-state index >= 15 is 0 Å². The van der Waals surface area contributed by atoms with Crippen molar-refractivity contribution in [2.24, 2.45) is 15.4 Å². The number of rotatable bonds is 6. The van der Waals surface area contributed by atoms with Crippen LogP contribution in [0.1, 0.15) is 44.1 Å². The van der Waals surface area contributed by atoms with Gasteiger partial charge in [-0.2, -0.15) is 5.11 Å². The largest absolute Gasteiger partial charge is 0.449 e. The molecule has 1 unspecified atom stereocenters. The van der Waals surface area contributed by atoms with Crippen molar-refractivity contribution in [2.45, 2.75) is 56.5 Å². The van der Waals surface area contributed by atoms with Gasteiger partial charge in [-0.05, 0) is 23.6 Å². The Morgan fingerprint density at radius 3 is 2.71 bits per heavy atom. The summed E-state index contributed by atoms with van der Waals surface area (Å²) in [5, 5.41) is 14.9. The summed E-state index contributed by atoms with van der Waals surface area (Å²) in [6.45, 7) is 0.302. The zero-order valence-electron chi connectivity index (χ0n) is 13.9. The van der Waals surface area contributed by atoms with Gasteiger partial charge in [0, 0.05) is 18.9 Å². The van der Waals surface area contributed by atoms with Gasteiger partial charge in [0.05, 0.1) is 12.8 Å². The lowest BCUT2D eigenvalue weighted by Crippen LogP contribution is -2.38. The summed E-state index contributed by atoms with van der Waals surface area (Å²) in [5.41, 5.74) is 0.656. The molecule has 0 aromatic heterocycles. The second-order valence-corrected chi connectivity index (χ2v) is 6.57. The van der Waals surface area contributed by atoms with Gasteiger partial charge in [0.2, 0.25) is 0 Å². The summed E-state index contributed by atoms with van der Waals surface area (Å²) in [5.74, 6) is 0. The SMILES string of the molecule is O=C(NC1CCCCC1)OCCC1(Cc2ccccc2)C=NN=N1. The van der Waals surface area contributed by atoms with Crippen molar-refractivity contribution < 1.29 is 9.53 Å². The van der Waals surface area contributed by atoms with Crippen molar-refractivity contribution in [1.29, 1.82) is 0 Å². The van der Waals surface area contributed by atoms with Crippen LogP contribution in [0.5, 0.6) is 0 Å². The lowest BCUT2D eigenvalue weighted by atomic mass is 9.90. The highest BCUT2D eigenvalue weighted by Gasteiger charge is 2.32. The van der Waals surface area contributed by atoms with E-state index in [0.29, 0.717) is 19.4 Å². The number of carbonyl (C=O) groups excluding carboxylic acids is 1. The third kappa shape index (κ3) is 4.63. The first-order valence-corrected chi connectivity index (χ1v) is 8.69. The molecule has 1 saturated carbocycles. The van der Waals surface area contributed by atoms with E-state index in [0.717, 1.165) is 18.4 Å². The number of hydrogen-bond donors (Lipinski definition) is 1. The van der Waals surface area contributed by atoms with Gasteiger partial charge >= 0.3 is 6.09 Å². The van der Waals surface area contributed by atoms with Gasteiger partial charge in [-0.25, -0.2) is 4.79 Å². The van der Waals surface area contributed by atoms with E-state index in [4.69, 9.17) is 4.74 Å². The first kappa shape index (κ1) is 16.6. The van der Waals surface area contributed by atoms with Crippen LogP contribution >= 0.6 is 0 Å². The first-order valence-electron chi connectivity index (χ1n) is 8.69. The summed E-state index contributed by atoms with van der Waals surface area (Å²) in [4.78, 5) is 11.9. The van der Waals surface area contributed by atoms with Crippen LogP contribution in [0.2, 0.25) is 0 Å². The maximum atomic E-state index is 11.9. The lowest BCUT2D eigenvalue weighted by Gasteiger charge is -2.23. The number of carbonyl (C=O) groups is 1. The lowest BCUT2D eigenvalue weighted by molar-refractivity contribution is 0.133. The van der Waals surface area contributed by atoms with Gasteiger partial charge in [0.1, 0.15) is 5.54 Å². The average Bonchev–Trinajstić information content (AvgIpc) is 3.05. The molecule has 128 valence electrons. The first-order chi connectivity index (χ1) is 11.8. The highest BCUT2D eigenvalue weighted by molar-refractivity contribution is 5.72. The van der Waals surface area contributed by atoms with Gasteiger partial charge in [-0.3, -0.25) is 0 Å². The molecule has 1 aromatic rings. The van der Waals surface area contributed by atoms with Gasteiger partial charge in [0.25, 0.3) is 0 Å². The molecule has 24 heavy (non-hydrogen) atoms. The summed E-state index contributed by atoms with van der Waals surface area (Å²) in [6, 6.07) is 10.4. The minimum Gasteiger partial charge on any atom is -0.449 e. The fourth-order valence-electron chi connectivity index (χ4n) is 3.28. The molecule has 0 spiro atoms. The Kier molecular flexibility index (Phi) is 5.56. The molecule has 1 heterocycles. The second kappa shape index (κ2) is 8.04. The molecular formula is C18H24N4O2. The van der Waals surface area contributed by atoms with Crippen LogP contribution in [-0.4, -0.2) is 30.5 Å². The Labute approximate surface area is 142 Å². The number of nitrogens with one attached hydrogen (secondary N) is 1. The number of hydrogen-bond acceptors (Lipinski definition) is 5. The van der Waals surface area contributed by atoms with Crippen LogP contribution in [0.3, 0.4) is 0 Å². The average molecular weight is 328 g/mol. The van der Waals surface area contributed by atoms with Gasteiger partial charge < -0.3 is 10.1 Å². The quantitative estimate of drug-likeness (QED) is 0.860. The fraction of sp³-hybridized carbons (Fsp3) is 0.556. The molecule has 1 atom stereocenters. The minimum atomic E-state index is -0.507. The third-order valence-electron chi connectivity index (χ3n) is 4.64. The van der Waals surface area contributed by atoms with E-state index < -0.39 is 5.54 Å². The second-order valence-electron chi connectivity index (χ2n) is 6.57. The summed E-state index contributed by atoms with van der Waals surface area (Å²) < 4.78 is 5.36. The maximum absolute atomic E-state index is 11.9. The fourth-order valence-corrected chi connectivity index (χ4v) is 3.28. The Balaban J connectivity index is 1.47. The molecule has 1 N–H and O–H groups in total. The van der Waals surface area contributed by atoms with Crippen molar-refractivity contribution in [3.8, 4) is 0 Å². The molecule has 1 amide bonds. The van der Waals surface area contributed by atoms with E-state index in [-0.39, 0.29) is 12.1 Å². The van der Waals surface area contributed by atoms with Crippen LogP contribution in [0.4, 0.5) is 4.79 Å². The van der Waals surface area contributed by atoms with Crippen LogP contribution in [0, 0.1) is 0 Å². The number of ether oxygens (including phenoxy) is 1. The number of alkyl carbamates (subject to hydrolysis) is 1. The monoisotopic (exact) mass is 328 g/mol. The van der Waals surface area contributed by atoms with Crippen LogP contribution in [0.15, 0.2) is 45.8 Å². The molecule has 1 aliphatic heterocycles. The molecular weight excluding hydrogens is 304 g/mol. The Morgan fingerprint density at radius 2 is 2.00 bits per heavy atom. The minimum absolute atomic E-state index is 0.261. The number of benzene rings is 1. The topological polar surface area (TPSA) is 75.4 Å². The predicted octanol–water partition coefficient (Wildman–Crippen LogP) is 3.87. The Hall–Kier alpha value is -2.24. The molecule has 0 saturated heterocycles. The van der Waals surface area contributed by atoms with Crippen molar-refractivity contribution in [2.75, 3.05) is 6.61 Å². The van der Waals surface area contributed by atoms with Gasteiger partial charge in [-0.15, -0.1) is 5.10 Å². The van der Waals surface area contributed by atoms with Crippen LogP contribution in [-0.2, 0) is 11.2 Å². The highest BCUT2D eigenvalue weighted by Crippen LogP contribution is 2.24. The van der Waals surface area contributed by atoms with E-state index in [2.05, 4.69) is 32.9 Å². The normalized spacial score (nSPS) is 23.3. The molecule has 3 rings (SSSR count). The van der Waals surface area contributed by atoms with E-state index in [1.165, 1.54) is 19.3 Å². The smallest absolute Gasteiger partial charge is 0.407 e. The standard InChI is InChI=1S/C18H24N4O2/c23-17(20-16-9-5-2-6-10-16)24-12-11-18(14-19-22-21-18)13-15-7-3-1-4-8-15/h1,3-4,7-8,14,16H,2,5-6,9-13H2,(H,20,23). The molecule has 0 radical (unpaired) electrons. The summed E-state index contributed by atoms with van der Waals surface area (Å²) in [7, 11) is 0. The van der Waals surface area contributed by atoms with Crippen molar-refractivity contribution in [3.63, 3.8) is 0 Å². The summed E-state index contributed by atoms with van der Waals surface area (Å²) >= 11 is 0. The van der Waals surface area contributed by atoms with E-state index in [1.54, 1.807) is 6.21 Å².